The number of aromatic nitrogens is 1. The maximum absolute atomic E-state index is 13.6. The minimum absolute atomic E-state index is 0.0198. The van der Waals surface area contributed by atoms with Gasteiger partial charge >= 0.3 is 6.03 Å². The number of carbonyl (C=O) groups excluding carboxylic acids is 2. The monoisotopic (exact) mass is 426 g/mol. The van der Waals surface area contributed by atoms with Crippen LogP contribution in [0.4, 0.5) is 4.79 Å². The fraction of sp³-hybridized carbons (Fsp3) is 0.500. The van der Waals surface area contributed by atoms with Gasteiger partial charge in [-0.25, -0.2) is 4.79 Å². The lowest BCUT2D eigenvalue weighted by atomic mass is 9.98. The average Bonchev–Trinajstić information content (AvgIpc) is 3.18. The van der Waals surface area contributed by atoms with Crippen molar-refractivity contribution in [1.29, 1.82) is 0 Å². The molecule has 1 aromatic carbocycles. The second kappa shape index (κ2) is 9.04. The van der Waals surface area contributed by atoms with E-state index in [1.165, 1.54) is 0 Å². The van der Waals surface area contributed by atoms with E-state index in [0.717, 1.165) is 23.6 Å². The Kier molecular flexibility index (Phi) is 6.62. The summed E-state index contributed by atoms with van der Waals surface area (Å²) < 4.78 is 7.78. The van der Waals surface area contributed by atoms with Crippen molar-refractivity contribution in [2.45, 2.75) is 58.8 Å². The van der Waals surface area contributed by atoms with Crippen molar-refractivity contribution in [3.8, 4) is 5.75 Å². The van der Waals surface area contributed by atoms with E-state index in [1.54, 1.807) is 12.0 Å². The minimum atomic E-state index is -0.376. The summed E-state index contributed by atoms with van der Waals surface area (Å²) in [7, 11) is 1.64. The van der Waals surface area contributed by atoms with E-state index >= 15 is 0 Å². The largest absolute Gasteiger partial charge is 0.496 e. The van der Waals surface area contributed by atoms with Gasteiger partial charge in [0.15, 0.2) is 0 Å². The number of methoxy groups -OCH3 is 1. The number of fused-ring (bicyclic) bond motifs is 1. The third-order valence-corrected chi connectivity index (χ3v) is 5.46. The van der Waals surface area contributed by atoms with Gasteiger partial charge in [-0.1, -0.05) is 18.2 Å². The molecule has 0 radical (unpaired) electrons. The first-order valence-corrected chi connectivity index (χ1v) is 10.8. The van der Waals surface area contributed by atoms with E-state index in [-0.39, 0.29) is 36.1 Å². The summed E-state index contributed by atoms with van der Waals surface area (Å²) in [5.74, 6) is 0.659. The molecule has 7 nitrogen and oxygen atoms in total. The highest BCUT2D eigenvalue weighted by atomic mass is 16.5. The van der Waals surface area contributed by atoms with E-state index in [2.05, 4.69) is 9.88 Å². The van der Waals surface area contributed by atoms with Gasteiger partial charge in [-0.2, -0.15) is 0 Å². The van der Waals surface area contributed by atoms with Gasteiger partial charge in [0.05, 0.1) is 7.11 Å². The molecule has 0 aliphatic carbocycles. The number of benzene rings is 1. The Morgan fingerprint density at radius 3 is 2.52 bits per heavy atom. The van der Waals surface area contributed by atoms with E-state index in [9.17, 15) is 9.59 Å². The van der Waals surface area contributed by atoms with Crippen LogP contribution < -0.4 is 10.1 Å². The maximum Gasteiger partial charge on any atom is 0.318 e. The molecular formula is C24H34N4O3. The summed E-state index contributed by atoms with van der Waals surface area (Å²) in [5, 5.41) is 2.97. The summed E-state index contributed by atoms with van der Waals surface area (Å²) in [6, 6.07) is 11.2. The van der Waals surface area contributed by atoms with Crippen LogP contribution in [0.1, 0.15) is 51.9 Å². The molecule has 1 unspecified atom stereocenters. The first-order valence-electron chi connectivity index (χ1n) is 10.8. The maximum atomic E-state index is 13.6. The van der Waals surface area contributed by atoms with Crippen LogP contribution in [0, 0.1) is 0 Å². The Hall–Kier alpha value is -2.96. The van der Waals surface area contributed by atoms with Crippen LogP contribution >= 0.6 is 0 Å². The SMILES string of the molecule is COc1ccccc1C1c2cccn2CCN1C(=O)CN(C(=O)NC(C)(C)C)C(C)C. The summed E-state index contributed by atoms with van der Waals surface area (Å²) in [6.07, 6.45) is 2.04. The molecule has 1 aromatic heterocycles. The lowest BCUT2D eigenvalue weighted by Crippen LogP contribution is -2.54. The number of amides is 3. The van der Waals surface area contributed by atoms with Crippen LogP contribution in [0.2, 0.25) is 0 Å². The number of urea groups is 1. The molecule has 0 bridgehead atoms. The van der Waals surface area contributed by atoms with Gasteiger partial charge in [-0.3, -0.25) is 4.79 Å². The Labute approximate surface area is 185 Å². The zero-order valence-electron chi connectivity index (χ0n) is 19.4. The predicted octanol–water partition coefficient (Wildman–Crippen LogP) is 3.65. The third-order valence-electron chi connectivity index (χ3n) is 5.46. The number of para-hydroxylation sites is 1. The molecule has 168 valence electrons. The van der Waals surface area contributed by atoms with Crippen LogP contribution in [-0.2, 0) is 11.3 Å². The molecule has 1 aliphatic heterocycles. The lowest BCUT2D eigenvalue weighted by Gasteiger charge is -2.39. The van der Waals surface area contributed by atoms with Gasteiger partial charge in [0.1, 0.15) is 18.3 Å². The Morgan fingerprint density at radius 1 is 1.16 bits per heavy atom. The molecule has 1 aliphatic rings. The molecule has 2 heterocycles. The molecule has 3 amide bonds. The van der Waals surface area contributed by atoms with Crippen LogP contribution in [0.3, 0.4) is 0 Å². The smallest absolute Gasteiger partial charge is 0.318 e. The van der Waals surface area contributed by atoms with Crippen molar-refractivity contribution in [1.82, 2.24) is 19.7 Å². The van der Waals surface area contributed by atoms with Crippen LogP contribution in [-0.4, -0.2) is 58.1 Å². The molecule has 1 N–H and O–H groups in total. The van der Waals surface area contributed by atoms with E-state index in [1.807, 2.05) is 82.1 Å². The molecular weight excluding hydrogens is 392 g/mol. The number of hydrogen-bond acceptors (Lipinski definition) is 3. The number of nitrogens with one attached hydrogen (secondary N) is 1. The fourth-order valence-corrected chi connectivity index (χ4v) is 3.99. The number of ether oxygens (including phenoxy) is 1. The fourth-order valence-electron chi connectivity index (χ4n) is 3.99. The van der Waals surface area contributed by atoms with Crippen molar-refractivity contribution in [2.24, 2.45) is 0 Å². The zero-order chi connectivity index (χ0) is 22.8. The van der Waals surface area contributed by atoms with Crippen molar-refractivity contribution >= 4 is 11.9 Å². The van der Waals surface area contributed by atoms with Gasteiger partial charge in [-0.05, 0) is 52.8 Å². The molecule has 1 atom stereocenters. The topological polar surface area (TPSA) is 66.8 Å². The summed E-state index contributed by atoms with van der Waals surface area (Å²) >= 11 is 0. The standard InChI is InChI=1S/C24H34N4O3/c1-17(2)28(23(30)25-24(3,4)5)16-21(29)27-15-14-26-13-9-11-19(26)22(27)18-10-7-8-12-20(18)31-6/h7-13,17,22H,14-16H2,1-6H3,(H,25,30). The highest BCUT2D eigenvalue weighted by Gasteiger charge is 2.35. The van der Waals surface area contributed by atoms with E-state index in [4.69, 9.17) is 4.74 Å². The van der Waals surface area contributed by atoms with Gasteiger partial charge < -0.3 is 24.4 Å². The molecule has 2 aromatic rings. The normalized spacial score (nSPS) is 16.1. The van der Waals surface area contributed by atoms with E-state index < -0.39 is 0 Å². The second-order valence-electron chi connectivity index (χ2n) is 9.26. The molecule has 7 heteroatoms. The first-order chi connectivity index (χ1) is 14.6. The summed E-state index contributed by atoms with van der Waals surface area (Å²) in [6.45, 7) is 11.0. The zero-order valence-corrected chi connectivity index (χ0v) is 19.4. The van der Waals surface area contributed by atoms with Crippen molar-refractivity contribution in [3.63, 3.8) is 0 Å². The van der Waals surface area contributed by atoms with Crippen LogP contribution in [0.5, 0.6) is 5.75 Å². The number of nitrogens with zero attached hydrogens (tertiary/aromatic N) is 3. The highest BCUT2D eigenvalue weighted by Crippen LogP contribution is 2.37. The van der Waals surface area contributed by atoms with E-state index in [0.29, 0.717) is 6.54 Å². The predicted molar refractivity (Wildman–Crippen MR) is 121 cm³/mol. The Balaban J connectivity index is 1.92. The average molecular weight is 427 g/mol. The number of carbonyl (C=O) groups is 2. The van der Waals surface area contributed by atoms with Gasteiger partial charge in [-0.15, -0.1) is 0 Å². The number of rotatable bonds is 5. The lowest BCUT2D eigenvalue weighted by molar-refractivity contribution is -0.134. The number of hydrogen-bond donors (Lipinski definition) is 1. The Bertz CT molecular complexity index is 929. The molecule has 0 fully saturated rings. The molecule has 3 rings (SSSR count). The molecule has 0 spiro atoms. The van der Waals surface area contributed by atoms with Gasteiger partial charge in [0.25, 0.3) is 0 Å². The second-order valence-corrected chi connectivity index (χ2v) is 9.26. The van der Waals surface area contributed by atoms with Gasteiger partial charge in [0.2, 0.25) is 5.91 Å². The summed E-state index contributed by atoms with van der Waals surface area (Å²) in [5.41, 5.74) is 1.60. The highest BCUT2D eigenvalue weighted by molar-refractivity contribution is 5.85. The quantitative estimate of drug-likeness (QED) is 0.794. The van der Waals surface area contributed by atoms with Crippen molar-refractivity contribution in [2.75, 3.05) is 20.2 Å². The molecule has 0 saturated heterocycles. The molecule has 31 heavy (non-hydrogen) atoms. The third kappa shape index (κ3) is 5.03. The summed E-state index contributed by atoms with van der Waals surface area (Å²) in [4.78, 5) is 29.9. The van der Waals surface area contributed by atoms with Crippen LogP contribution in [0.15, 0.2) is 42.6 Å². The first kappa shape index (κ1) is 22.7. The van der Waals surface area contributed by atoms with Crippen molar-refractivity contribution < 1.29 is 14.3 Å². The van der Waals surface area contributed by atoms with Crippen molar-refractivity contribution in [3.05, 3.63) is 53.9 Å². The van der Waals surface area contributed by atoms with Crippen LogP contribution in [0.25, 0.3) is 0 Å². The van der Waals surface area contributed by atoms with Gasteiger partial charge in [0, 0.05) is 42.1 Å². The minimum Gasteiger partial charge on any atom is -0.496 e. The molecule has 0 saturated carbocycles. The Morgan fingerprint density at radius 2 is 1.87 bits per heavy atom.